The van der Waals surface area contributed by atoms with Crippen LogP contribution < -0.4 is 0 Å². The maximum atomic E-state index is 12.4. The Bertz CT molecular complexity index is 504. The van der Waals surface area contributed by atoms with Crippen LogP contribution in [0.2, 0.25) is 0 Å². The highest BCUT2D eigenvalue weighted by atomic mass is 32.2. The fraction of sp³-hybridized carbons (Fsp3) is 0.727. The summed E-state index contributed by atoms with van der Waals surface area (Å²) < 4.78 is 32.2. The first-order valence-electron chi connectivity index (χ1n) is 5.82. The molecule has 1 aliphatic heterocycles. The van der Waals surface area contributed by atoms with E-state index in [1.165, 1.54) is 16.6 Å². The van der Waals surface area contributed by atoms with Gasteiger partial charge in [-0.3, -0.25) is 5.10 Å². The van der Waals surface area contributed by atoms with Crippen LogP contribution in [0.5, 0.6) is 0 Å². The monoisotopic (exact) mass is 273 g/mol. The lowest BCUT2D eigenvalue weighted by Gasteiger charge is -2.46. The quantitative estimate of drug-likeness (QED) is 0.872. The van der Waals surface area contributed by atoms with Crippen molar-refractivity contribution in [2.45, 2.75) is 43.9 Å². The van der Waals surface area contributed by atoms with Crippen molar-refractivity contribution in [1.82, 2.24) is 14.5 Å². The summed E-state index contributed by atoms with van der Waals surface area (Å²) >= 11 is 0. The van der Waals surface area contributed by atoms with E-state index in [2.05, 4.69) is 10.2 Å². The Morgan fingerprint density at radius 3 is 2.28 bits per heavy atom. The molecule has 0 amide bonds. The summed E-state index contributed by atoms with van der Waals surface area (Å²) in [5, 5.41) is 6.32. The van der Waals surface area contributed by atoms with Crippen LogP contribution in [0, 0.1) is 0 Å². The molecule has 1 aliphatic rings. The average Bonchev–Trinajstić information content (AvgIpc) is 2.65. The van der Waals surface area contributed by atoms with Gasteiger partial charge in [-0.05, 0) is 33.8 Å². The summed E-state index contributed by atoms with van der Waals surface area (Å²) in [6.07, 6.45) is 1.43. The Hall–Kier alpha value is -0.920. The van der Waals surface area contributed by atoms with Crippen LogP contribution in [-0.4, -0.2) is 47.2 Å². The number of rotatable bonds is 2. The number of H-pyrrole nitrogens is 1. The number of hydrogen-bond donors (Lipinski definition) is 1. The van der Waals surface area contributed by atoms with E-state index < -0.39 is 21.2 Å². The molecule has 1 aromatic heterocycles. The second-order valence-electron chi connectivity index (χ2n) is 5.82. The lowest BCUT2D eigenvalue weighted by atomic mass is 10.0. The van der Waals surface area contributed by atoms with Crippen LogP contribution in [0.1, 0.15) is 27.7 Å². The van der Waals surface area contributed by atoms with Crippen molar-refractivity contribution in [1.29, 1.82) is 0 Å². The van der Waals surface area contributed by atoms with Gasteiger partial charge in [0.2, 0.25) is 0 Å². The summed E-state index contributed by atoms with van der Waals surface area (Å²) in [6, 6.07) is 1.46. The zero-order valence-electron chi connectivity index (χ0n) is 11.1. The van der Waals surface area contributed by atoms with Crippen LogP contribution in [0.25, 0.3) is 0 Å². The van der Waals surface area contributed by atoms with Crippen molar-refractivity contribution >= 4 is 10.0 Å². The van der Waals surface area contributed by atoms with Gasteiger partial charge in [0.1, 0.15) is 0 Å². The van der Waals surface area contributed by atoms with E-state index in [9.17, 15) is 8.42 Å². The van der Waals surface area contributed by atoms with Crippen molar-refractivity contribution in [3.05, 3.63) is 12.3 Å². The van der Waals surface area contributed by atoms with Gasteiger partial charge in [-0.2, -0.15) is 9.40 Å². The molecule has 0 bridgehead atoms. The first-order valence-corrected chi connectivity index (χ1v) is 7.26. The van der Waals surface area contributed by atoms with E-state index >= 15 is 0 Å². The second-order valence-corrected chi connectivity index (χ2v) is 7.72. The minimum Gasteiger partial charge on any atom is -0.367 e. The first kappa shape index (κ1) is 13.5. The third-order valence-corrected chi connectivity index (χ3v) is 4.48. The summed E-state index contributed by atoms with van der Waals surface area (Å²) in [5.74, 6) is 0. The molecule has 0 atom stereocenters. The van der Waals surface area contributed by atoms with Crippen molar-refractivity contribution in [2.75, 3.05) is 13.1 Å². The van der Waals surface area contributed by atoms with Crippen LogP contribution in [0.4, 0.5) is 0 Å². The van der Waals surface area contributed by atoms with E-state index in [0.717, 1.165) is 0 Å². The minimum absolute atomic E-state index is 0.121. The molecule has 0 unspecified atom stereocenters. The molecule has 6 nitrogen and oxygen atoms in total. The largest absolute Gasteiger partial charge is 0.367 e. The number of nitrogens with one attached hydrogen (secondary N) is 1. The van der Waals surface area contributed by atoms with E-state index in [1.54, 1.807) is 0 Å². The summed E-state index contributed by atoms with van der Waals surface area (Å²) in [6.45, 7) is 8.23. The number of aromatic amines is 1. The molecular formula is C11H19N3O3S. The number of morpholine rings is 1. The summed E-state index contributed by atoms with van der Waals surface area (Å²) in [7, 11) is -3.53. The standard InChI is InChI=1S/C11H19N3O3S/c1-10(2)7-14(8-11(3,4)17-10)18(15,16)9-5-6-12-13-9/h5-6H,7-8H2,1-4H3,(H,12,13). The number of ether oxygens (including phenoxy) is 1. The number of sulfonamides is 1. The van der Waals surface area contributed by atoms with Gasteiger partial charge < -0.3 is 4.74 Å². The SMILES string of the molecule is CC1(C)CN(S(=O)(=O)c2ccn[nH]2)CC(C)(C)O1. The van der Waals surface area contributed by atoms with E-state index in [4.69, 9.17) is 4.74 Å². The molecule has 18 heavy (non-hydrogen) atoms. The van der Waals surface area contributed by atoms with E-state index in [1.807, 2.05) is 27.7 Å². The molecule has 2 heterocycles. The number of nitrogens with zero attached hydrogens (tertiary/aromatic N) is 2. The minimum atomic E-state index is -3.53. The van der Waals surface area contributed by atoms with Crippen molar-refractivity contribution < 1.29 is 13.2 Å². The maximum Gasteiger partial charge on any atom is 0.260 e. The smallest absolute Gasteiger partial charge is 0.260 e. The zero-order valence-corrected chi connectivity index (χ0v) is 11.9. The first-order chi connectivity index (χ1) is 8.12. The van der Waals surface area contributed by atoms with Gasteiger partial charge in [0.05, 0.1) is 17.4 Å². The van der Waals surface area contributed by atoms with Gasteiger partial charge in [0.15, 0.2) is 5.03 Å². The molecule has 1 saturated heterocycles. The molecule has 0 saturated carbocycles. The molecule has 102 valence electrons. The Morgan fingerprint density at radius 1 is 1.28 bits per heavy atom. The molecule has 0 spiro atoms. The topological polar surface area (TPSA) is 75.3 Å². The average molecular weight is 273 g/mol. The van der Waals surface area contributed by atoms with Gasteiger partial charge in [-0.15, -0.1) is 0 Å². The zero-order chi connectivity index (χ0) is 13.6. The van der Waals surface area contributed by atoms with Crippen molar-refractivity contribution in [3.63, 3.8) is 0 Å². The van der Waals surface area contributed by atoms with Crippen LogP contribution in [0.15, 0.2) is 17.3 Å². The Morgan fingerprint density at radius 2 is 1.83 bits per heavy atom. The second kappa shape index (κ2) is 4.04. The fourth-order valence-electron chi connectivity index (χ4n) is 2.41. The van der Waals surface area contributed by atoms with Gasteiger partial charge in [-0.1, -0.05) is 0 Å². The number of aromatic nitrogens is 2. The molecule has 0 aliphatic carbocycles. The van der Waals surface area contributed by atoms with Crippen LogP contribution in [0.3, 0.4) is 0 Å². The third-order valence-electron chi connectivity index (χ3n) is 2.76. The highest BCUT2D eigenvalue weighted by molar-refractivity contribution is 7.89. The Kier molecular flexibility index (Phi) is 3.03. The molecule has 0 aromatic carbocycles. The van der Waals surface area contributed by atoms with Gasteiger partial charge in [0.25, 0.3) is 10.0 Å². The molecule has 2 rings (SSSR count). The maximum absolute atomic E-state index is 12.4. The molecular weight excluding hydrogens is 254 g/mol. The summed E-state index contributed by atoms with van der Waals surface area (Å²) in [4.78, 5) is 0. The van der Waals surface area contributed by atoms with Crippen LogP contribution in [-0.2, 0) is 14.8 Å². The fourth-order valence-corrected chi connectivity index (χ4v) is 4.05. The van der Waals surface area contributed by atoms with Gasteiger partial charge >= 0.3 is 0 Å². The highest BCUT2D eigenvalue weighted by Gasteiger charge is 2.43. The van der Waals surface area contributed by atoms with E-state index in [0.29, 0.717) is 13.1 Å². The van der Waals surface area contributed by atoms with E-state index in [-0.39, 0.29) is 5.03 Å². The van der Waals surface area contributed by atoms with Gasteiger partial charge in [0, 0.05) is 13.1 Å². The summed E-state index contributed by atoms with van der Waals surface area (Å²) in [5.41, 5.74) is -1.01. The van der Waals surface area contributed by atoms with Gasteiger partial charge in [-0.25, -0.2) is 8.42 Å². The lowest BCUT2D eigenvalue weighted by molar-refractivity contribution is -0.163. The predicted molar refractivity (Wildman–Crippen MR) is 66.6 cm³/mol. The van der Waals surface area contributed by atoms with Crippen molar-refractivity contribution in [3.8, 4) is 0 Å². The molecule has 1 N–H and O–H groups in total. The van der Waals surface area contributed by atoms with Crippen molar-refractivity contribution in [2.24, 2.45) is 0 Å². The predicted octanol–water partition coefficient (Wildman–Crippen LogP) is 0.988. The molecule has 7 heteroatoms. The highest BCUT2D eigenvalue weighted by Crippen LogP contribution is 2.31. The Labute approximate surface area is 107 Å². The molecule has 1 fully saturated rings. The lowest BCUT2D eigenvalue weighted by Crippen LogP contribution is -2.58. The molecule has 1 aromatic rings. The Balaban J connectivity index is 2.34. The molecule has 0 radical (unpaired) electrons. The number of hydrogen-bond acceptors (Lipinski definition) is 4. The third kappa shape index (κ3) is 2.57. The normalized spacial score (nSPS) is 24.0. The van der Waals surface area contributed by atoms with Crippen LogP contribution >= 0.6 is 0 Å².